The number of amides is 1. The number of fused-ring (bicyclic) bond motifs is 2. The van der Waals surface area contributed by atoms with Gasteiger partial charge in [0, 0.05) is 54.1 Å². The first-order valence-electron chi connectivity index (χ1n) is 11.0. The molecule has 5 rings (SSSR count). The summed E-state index contributed by atoms with van der Waals surface area (Å²) in [6.07, 6.45) is 4.37. The van der Waals surface area contributed by atoms with Crippen LogP contribution in [0, 0.1) is 6.92 Å². The van der Waals surface area contributed by atoms with E-state index in [0.29, 0.717) is 29.4 Å². The van der Waals surface area contributed by atoms with Gasteiger partial charge < -0.3 is 16.0 Å². The summed E-state index contributed by atoms with van der Waals surface area (Å²) in [5.41, 5.74) is 11.6. The monoisotopic (exact) mass is 442 g/mol. The van der Waals surface area contributed by atoms with E-state index in [1.54, 1.807) is 10.9 Å². The average molecular weight is 443 g/mol. The van der Waals surface area contributed by atoms with Gasteiger partial charge >= 0.3 is 0 Å². The Morgan fingerprint density at radius 1 is 1.12 bits per heavy atom. The molecule has 0 bridgehead atoms. The number of hydrogen-bond donors (Lipinski definition) is 2. The minimum atomic E-state index is 0.0811. The van der Waals surface area contributed by atoms with E-state index in [-0.39, 0.29) is 18.5 Å². The molecule has 0 fully saturated rings. The highest BCUT2D eigenvalue weighted by Gasteiger charge is 2.23. The number of nitrogens with one attached hydrogen (secondary N) is 1. The van der Waals surface area contributed by atoms with E-state index in [0.717, 1.165) is 34.2 Å². The van der Waals surface area contributed by atoms with E-state index in [1.807, 2.05) is 62.2 Å². The topological polar surface area (TPSA) is 115 Å². The molecule has 33 heavy (non-hydrogen) atoms. The molecule has 1 amide bonds. The van der Waals surface area contributed by atoms with Gasteiger partial charge in [0.15, 0.2) is 11.6 Å². The molecule has 4 aromatic rings. The van der Waals surface area contributed by atoms with Crippen LogP contribution in [0.3, 0.4) is 0 Å². The molecule has 3 N–H and O–H groups in total. The van der Waals surface area contributed by atoms with Crippen molar-refractivity contribution in [2.24, 2.45) is 0 Å². The number of rotatable bonds is 4. The van der Waals surface area contributed by atoms with E-state index >= 15 is 0 Å². The van der Waals surface area contributed by atoms with E-state index < -0.39 is 0 Å². The van der Waals surface area contributed by atoms with Crippen molar-refractivity contribution < 1.29 is 4.79 Å². The molecule has 9 nitrogen and oxygen atoms in total. The Morgan fingerprint density at radius 2 is 1.97 bits per heavy atom. The van der Waals surface area contributed by atoms with Crippen LogP contribution in [-0.2, 0) is 17.8 Å². The Bertz CT molecular complexity index is 1360. The zero-order valence-corrected chi connectivity index (χ0v) is 18.9. The Balaban J connectivity index is 1.44. The normalized spacial score (nSPS) is 13.9. The van der Waals surface area contributed by atoms with E-state index in [1.165, 1.54) is 0 Å². The zero-order chi connectivity index (χ0) is 23.1. The molecule has 3 aromatic heterocycles. The summed E-state index contributed by atoms with van der Waals surface area (Å²) >= 11 is 0. The molecule has 168 valence electrons. The van der Waals surface area contributed by atoms with Gasteiger partial charge in [-0.25, -0.2) is 0 Å². The van der Waals surface area contributed by atoms with E-state index in [4.69, 9.17) is 5.73 Å². The first-order chi connectivity index (χ1) is 15.9. The number of carbonyl (C=O) groups excluding carboxylic acids is 1. The van der Waals surface area contributed by atoms with Crippen LogP contribution in [-0.4, -0.2) is 48.4 Å². The van der Waals surface area contributed by atoms with Crippen LogP contribution in [0.1, 0.15) is 25.1 Å². The molecule has 0 unspecified atom stereocenters. The minimum Gasteiger partial charge on any atom is -0.397 e. The minimum absolute atomic E-state index is 0.0811. The van der Waals surface area contributed by atoms with Crippen LogP contribution in [0.2, 0.25) is 0 Å². The van der Waals surface area contributed by atoms with Crippen molar-refractivity contribution in [3.05, 3.63) is 54.0 Å². The number of nitrogens with two attached hydrogens (primary N) is 1. The van der Waals surface area contributed by atoms with Crippen molar-refractivity contribution in [2.75, 3.05) is 17.6 Å². The molecule has 0 aliphatic carbocycles. The third kappa shape index (κ3) is 3.97. The SMILES string of the molecule is Cc1ccncc1-c1cc(N)c2nnc(Nc3cc4n(n3)CC(=O)N(C(C)C)CC4)cc2c1. The van der Waals surface area contributed by atoms with Crippen LogP contribution in [0.4, 0.5) is 17.3 Å². The number of hydrogen-bond acceptors (Lipinski definition) is 7. The van der Waals surface area contributed by atoms with Crippen LogP contribution in [0.15, 0.2) is 42.7 Å². The van der Waals surface area contributed by atoms with E-state index in [2.05, 4.69) is 25.6 Å². The van der Waals surface area contributed by atoms with Gasteiger partial charge in [-0.15, -0.1) is 10.2 Å². The summed E-state index contributed by atoms with van der Waals surface area (Å²) < 4.78 is 1.77. The molecule has 0 saturated carbocycles. The lowest BCUT2D eigenvalue weighted by Gasteiger charge is -2.24. The predicted octanol–water partition coefficient (Wildman–Crippen LogP) is 3.32. The molecule has 9 heteroatoms. The number of aromatic nitrogens is 5. The highest BCUT2D eigenvalue weighted by atomic mass is 16.2. The number of pyridine rings is 1. The maximum Gasteiger partial charge on any atom is 0.244 e. The van der Waals surface area contributed by atoms with Gasteiger partial charge in [-0.3, -0.25) is 14.5 Å². The molecule has 0 atom stereocenters. The van der Waals surface area contributed by atoms with Gasteiger partial charge in [-0.2, -0.15) is 5.10 Å². The predicted molar refractivity (Wildman–Crippen MR) is 128 cm³/mol. The number of benzene rings is 1. The summed E-state index contributed by atoms with van der Waals surface area (Å²) in [5.74, 6) is 1.28. The maximum absolute atomic E-state index is 12.5. The van der Waals surface area contributed by atoms with Gasteiger partial charge in [0.1, 0.15) is 12.1 Å². The van der Waals surface area contributed by atoms with E-state index in [9.17, 15) is 4.79 Å². The van der Waals surface area contributed by atoms with Crippen molar-refractivity contribution in [1.82, 2.24) is 29.9 Å². The second kappa shape index (κ2) is 8.16. The summed E-state index contributed by atoms with van der Waals surface area (Å²) in [4.78, 5) is 18.7. The fourth-order valence-corrected chi connectivity index (χ4v) is 4.28. The summed E-state index contributed by atoms with van der Waals surface area (Å²) in [6, 6.07) is 9.97. The highest BCUT2D eigenvalue weighted by Crippen LogP contribution is 2.30. The fourth-order valence-electron chi connectivity index (χ4n) is 4.28. The Kier molecular flexibility index (Phi) is 5.16. The molecule has 0 spiro atoms. The molecule has 1 aromatic carbocycles. The second-order valence-corrected chi connectivity index (χ2v) is 8.66. The number of carbonyl (C=O) groups is 1. The molecule has 1 aliphatic rings. The smallest absolute Gasteiger partial charge is 0.244 e. The van der Waals surface area contributed by atoms with Gasteiger partial charge in [-0.1, -0.05) is 0 Å². The van der Waals surface area contributed by atoms with Crippen LogP contribution in [0.25, 0.3) is 22.0 Å². The van der Waals surface area contributed by atoms with Crippen molar-refractivity contribution >= 4 is 34.1 Å². The summed E-state index contributed by atoms with van der Waals surface area (Å²) in [6.45, 7) is 7.04. The Hall–Kier alpha value is -4.01. The van der Waals surface area contributed by atoms with Crippen LogP contribution >= 0.6 is 0 Å². The maximum atomic E-state index is 12.5. The number of aryl methyl sites for hydroxylation is 1. The third-order valence-electron chi connectivity index (χ3n) is 6.03. The zero-order valence-electron chi connectivity index (χ0n) is 18.9. The Morgan fingerprint density at radius 3 is 2.76 bits per heavy atom. The van der Waals surface area contributed by atoms with Gasteiger partial charge in [-0.05, 0) is 56.2 Å². The lowest BCUT2D eigenvalue weighted by atomic mass is 10.0. The largest absolute Gasteiger partial charge is 0.397 e. The molecular formula is C24H26N8O. The lowest BCUT2D eigenvalue weighted by Crippen LogP contribution is -2.38. The first kappa shape index (κ1) is 20.9. The standard InChI is InChI=1S/C24H26N8O/c1-14(2)31-7-5-18-11-22(30-32(18)13-23(31)33)27-21-10-17-8-16(9-20(25)24(17)29-28-21)19-12-26-6-4-15(19)3/h4,6,8-12,14H,5,7,13,25H2,1-3H3,(H,27,28,30). The first-order valence-corrected chi connectivity index (χ1v) is 11.0. The van der Waals surface area contributed by atoms with Gasteiger partial charge in [0.25, 0.3) is 0 Å². The number of nitrogens with zero attached hydrogens (tertiary/aromatic N) is 6. The Labute approximate surface area is 191 Å². The number of anilines is 3. The molecule has 0 saturated heterocycles. The summed E-state index contributed by atoms with van der Waals surface area (Å²) in [7, 11) is 0. The third-order valence-corrected chi connectivity index (χ3v) is 6.03. The quantitative estimate of drug-likeness (QED) is 0.466. The fraction of sp³-hybridized carbons (Fsp3) is 0.292. The van der Waals surface area contributed by atoms with Crippen molar-refractivity contribution in [1.29, 1.82) is 0 Å². The van der Waals surface area contributed by atoms with Crippen LogP contribution < -0.4 is 11.1 Å². The van der Waals surface area contributed by atoms with Gasteiger partial charge in [0.05, 0.1) is 5.69 Å². The average Bonchev–Trinajstić information content (AvgIpc) is 3.06. The number of nitrogen functional groups attached to an aromatic ring is 1. The van der Waals surface area contributed by atoms with Crippen molar-refractivity contribution in [3.8, 4) is 11.1 Å². The molecule has 0 radical (unpaired) electrons. The van der Waals surface area contributed by atoms with Crippen LogP contribution in [0.5, 0.6) is 0 Å². The second-order valence-electron chi connectivity index (χ2n) is 8.66. The molecule has 1 aliphatic heterocycles. The van der Waals surface area contributed by atoms with Gasteiger partial charge in [0.2, 0.25) is 5.91 Å². The van der Waals surface area contributed by atoms with Crippen molar-refractivity contribution in [3.63, 3.8) is 0 Å². The summed E-state index contributed by atoms with van der Waals surface area (Å²) in [5, 5.41) is 17.3. The highest BCUT2D eigenvalue weighted by molar-refractivity contribution is 5.95. The molecule has 4 heterocycles. The molecular weight excluding hydrogens is 416 g/mol. The lowest BCUT2D eigenvalue weighted by molar-refractivity contribution is -0.133. The van der Waals surface area contributed by atoms with Crippen molar-refractivity contribution in [2.45, 2.75) is 39.8 Å².